The van der Waals surface area contributed by atoms with Gasteiger partial charge in [0.25, 0.3) is 5.91 Å². The molecule has 3 rings (SSSR count). The maximum absolute atomic E-state index is 12.5. The molecule has 1 aromatic carbocycles. The van der Waals surface area contributed by atoms with Gasteiger partial charge in [-0.2, -0.15) is 0 Å². The lowest BCUT2D eigenvalue weighted by molar-refractivity contribution is -0.133. The van der Waals surface area contributed by atoms with Crippen molar-refractivity contribution < 1.29 is 14.4 Å². The molecule has 25 heavy (non-hydrogen) atoms. The van der Waals surface area contributed by atoms with E-state index in [0.29, 0.717) is 24.4 Å². The van der Waals surface area contributed by atoms with Gasteiger partial charge in [0.1, 0.15) is 12.1 Å². The van der Waals surface area contributed by atoms with Gasteiger partial charge in [-0.1, -0.05) is 38.8 Å². The standard InChI is InChI=1S/C19H25N3O3/c1-3-13(2)14-6-8-15(9-7-14)20-16(23)12-22-17(24)19(21-18(22)25)10-4-5-11-19/h6-9,13H,3-5,10-12H2,1-2H3,(H,20,23)(H,21,25). The number of rotatable bonds is 5. The van der Waals surface area contributed by atoms with E-state index in [4.69, 9.17) is 0 Å². The summed E-state index contributed by atoms with van der Waals surface area (Å²) in [6.07, 6.45) is 4.22. The van der Waals surface area contributed by atoms with Crippen LogP contribution >= 0.6 is 0 Å². The highest BCUT2D eigenvalue weighted by Crippen LogP contribution is 2.34. The van der Waals surface area contributed by atoms with Crippen LogP contribution in [-0.4, -0.2) is 34.8 Å². The number of nitrogens with one attached hydrogen (secondary N) is 2. The smallest absolute Gasteiger partial charge is 0.325 e. The van der Waals surface area contributed by atoms with E-state index in [1.807, 2.05) is 24.3 Å². The van der Waals surface area contributed by atoms with Gasteiger partial charge in [-0.05, 0) is 42.9 Å². The number of amides is 4. The summed E-state index contributed by atoms with van der Waals surface area (Å²) >= 11 is 0. The first-order valence-electron chi connectivity index (χ1n) is 8.99. The second-order valence-corrected chi connectivity index (χ2v) is 7.09. The van der Waals surface area contributed by atoms with Gasteiger partial charge in [0, 0.05) is 5.69 Å². The highest BCUT2D eigenvalue weighted by atomic mass is 16.2. The minimum absolute atomic E-state index is 0.250. The number of benzene rings is 1. The largest absolute Gasteiger partial charge is 0.325 e. The maximum Gasteiger partial charge on any atom is 0.325 e. The lowest BCUT2D eigenvalue weighted by Gasteiger charge is -2.19. The van der Waals surface area contributed by atoms with Crippen LogP contribution < -0.4 is 10.6 Å². The zero-order valence-corrected chi connectivity index (χ0v) is 14.8. The second-order valence-electron chi connectivity index (χ2n) is 7.09. The van der Waals surface area contributed by atoms with Crippen LogP contribution in [0.15, 0.2) is 24.3 Å². The summed E-state index contributed by atoms with van der Waals surface area (Å²) in [4.78, 5) is 37.9. The molecule has 1 unspecified atom stereocenters. The average Bonchev–Trinajstić information content (AvgIpc) is 3.16. The predicted molar refractivity (Wildman–Crippen MR) is 95.2 cm³/mol. The molecular formula is C19H25N3O3. The summed E-state index contributed by atoms with van der Waals surface area (Å²) in [6, 6.07) is 7.22. The molecule has 2 aliphatic rings. The summed E-state index contributed by atoms with van der Waals surface area (Å²) in [5.74, 6) is -0.162. The Morgan fingerprint density at radius 1 is 1.24 bits per heavy atom. The summed E-state index contributed by atoms with van der Waals surface area (Å²) in [6.45, 7) is 4.04. The van der Waals surface area contributed by atoms with Crippen LogP contribution in [0.4, 0.5) is 10.5 Å². The summed E-state index contributed by atoms with van der Waals surface area (Å²) in [7, 11) is 0. The second kappa shape index (κ2) is 6.86. The molecular weight excluding hydrogens is 318 g/mol. The molecule has 1 spiro atoms. The van der Waals surface area contributed by atoms with E-state index < -0.39 is 11.6 Å². The van der Waals surface area contributed by atoms with Crippen LogP contribution in [0.25, 0.3) is 0 Å². The van der Waals surface area contributed by atoms with E-state index in [0.717, 1.165) is 24.2 Å². The molecule has 1 aliphatic carbocycles. The third-order valence-corrected chi connectivity index (χ3v) is 5.38. The Morgan fingerprint density at radius 3 is 2.48 bits per heavy atom. The Morgan fingerprint density at radius 2 is 1.88 bits per heavy atom. The number of nitrogens with zero attached hydrogens (tertiary/aromatic N) is 1. The molecule has 0 radical (unpaired) electrons. The zero-order chi connectivity index (χ0) is 18.0. The Hall–Kier alpha value is -2.37. The number of urea groups is 1. The van der Waals surface area contributed by atoms with Crippen molar-refractivity contribution in [1.82, 2.24) is 10.2 Å². The third kappa shape index (κ3) is 3.38. The fourth-order valence-corrected chi connectivity index (χ4v) is 3.61. The van der Waals surface area contributed by atoms with Gasteiger partial charge in [-0.3, -0.25) is 14.5 Å². The maximum atomic E-state index is 12.5. The number of anilines is 1. The molecule has 2 fully saturated rings. The van der Waals surface area contributed by atoms with Crippen molar-refractivity contribution in [2.45, 2.75) is 57.4 Å². The number of carbonyl (C=O) groups excluding carboxylic acids is 3. The van der Waals surface area contributed by atoms with Crippen molar-refractivity contribution in [3.63, 3.8) is 0 Å². The molecule has 1 atom stereocenters. The fourth-order valence-electron chi connectivity index (χ4n) is 3.61. The molecule has 134 valence electrons. The first-order valence-corrected chi connectivity index (χ1v) is 8.99. The normalized spacial score (nSPS) is 20.0. The summed E-state index contributed by atoms with van der Waals surface area (Å²) in [5.41, 5.74) is 1.12. The van der Waals surface area contributed by atoms with Gasteiger partial charge >= 0.3 is 6.03 Å². The fraction of sp³-hybridized carbons (Fsp3) is 0.526. The lowest BCUT2D eigenvalue weighted by atomic mass is 9.98. The molecule has 0 bridgehead atoms. The van der Waals surface area contributed by atoms with Gasteiger partial charge in [0.05, 0.1) is 0 Å². The van der Waals surface area contributed by atoms with E-state index in [-0.39, 0.29) is 18.4 Å². The van der Waals surface area contributed by atoms with Gasteiger partial charge in [0.2, 0.25) is 5.91 Å². The van der Waals surface area contributed by atoms with Gasteiger partial charge in [-0.25, -0.2) is 4.79 Å². The van der Waals surface area contributed by atoms with Gasteiger partial charge in [-0.15, -0.1) is 0 Å². The lowest BCUT2D eigenvalue weighted by Crippen LogP contribution is -2.44. The van der Waals surface area contributed by atoms with Crippen LogP contribution in [0.1, 0.15) is 57.4 Å². The minimum Gasteiger partial charge on any atom is -0.325 e. The Bertz CT molecular complexity index is 678. The van der Waals surface area contributed by atoms with Crippen molar-refractivity contribution in [2.24, 2.45) is 0 Å². The van der Waals surface area contributed by atoms with Crippen LogP contribution in [0.2, 0.25) is 0 Å². The van der Waals surface area contributed by atoms with E-state index in [1.165, 1.54) is 5.56 Å². The van der Waals surface area contributed by atoms with Gasteiger partial charge in [0.15, 0.2) is 0 Å². The van der Waals surface area contributed by atoms with Crippen LogP contribution in [-0.2, 0) is 9.59 Å². The Kier molecular flexibility index (Phi) is 4.79. The zero-order valence-electron chi connectivity index (χ0n) is 14.8. The topological polar surface area (TPSA) is 78.5 Å². The molecule has 1 saturated carbocycles. The molecule has 1 aliphatic heterocycles. The Balaban J connectivity index is 1.61. The van der Waals surface area contributed by atoms with E-state index in [9.17, 15) is 14.4 Å². The van der Waals surface area contributed by atoms with Crippen LogP contribution in [0, 0.1) is 0 Å². The summed E-state index contributed by atoms with van der Waals surface area (Å²) < 4.78 is 0. The quantitative estimate of drug-likeness (QED) is 0.807. The van der Waals surface area contributed by atoms with E-state index in [2.05, 4.69) is 24.5 Å². The summed E-state index contributed by atoms with van der Waals surface area (Å²) in [5, 5.41) is 5.54. The molecule has 6 heteroatoms. The van der Waals surface area contributed by atoms with Crippen molar-refractivity contribution in [2.75, 3.05) is 11.9 Å². The van der Waals surface area contributed by atoms with Crippen LogP contribution in [0.5, 0.6) is 0 Å². The van der Waals surface area contributed by atoms with Gasteiger partial charge < -0.3 is 10.6 Å². The molecule has 1 aromatic rings. The predicted octanol–water partition coefficient (Wildman–Crippen LogP) is 3.00. The number of hydrogen-bond acceptors (Lipinski definition) is 3. The van der Waals surface area contributed by atoms with Crippen molar-refractivity contribution in [3.8, 4) is 0 Å². The minimum atomic E-state index is -0.769. The first kappa shape index (κ1) is 17.5. The monoisotopic (exact) mass is 343 g/mol. The third-order valence-electron chi connectivity index (χ3n) is 5.38. The van der Waals surface area contributed by atoms with Crippen LogP contribution in [0.3, 0.4) is 0 Å². The SMILES string of the molecule is CCC(C)c1ccc(NC(=O)CN2C(=O)NC3(CCCC3)C2=O)cc1. The molecule has 4 amide bonds. The Labute approximate surface area is 148 Å². The van der Waals surface area contributed by atoms with E-state index in [1.54, 1.807) is 0 Å². The molecule has 0 aromatic heterocycles. The number of carbonyl (C=O) groups is 3. The molecule has 6 nitrogen and oxygen atoms in total. The van der Waals surface area contributed by atoms with Crippen molar-refractivity contribution in [1.29, 1.82) is 0 Å². The highest BCUT2D eigenvalue weighted by Gasteiger charge is 2.52. The first-order chi connectivity index (χ1) is 11.9. The molecule has 1 saturated heterocycles. The molecule has 2 N–H and O–H groups in total. The van der Waals surface area contributed by atoms with Crippen molar-refractivity contribution in [3.05, 3.63) is 29.8 Å². The molecule has 1 heterocycles. The number of hydrogen-bond donors (Lipinski definition) is 2. The van der Waals surface area contributed by atoms with Crippen molar-refractivity contribution >= 4 is 23.5 Å². The average molecular weight is 343 g/mol. The highest BCUT2D eigenvalue weighted by molar-refractivity contribution is 6.10. The van der Waals surface area contributed by atoms with E-state index >= 15 is 0 Å². The number of imide groups is 1.